The topological polar surface area (TPSA) is 66.0 Å². The van der Waals surface area contributed by atoms with Gasteiger partial charge in [-0.15, -0.1) is 5.10 Å². The molecule has 2 aromatic rings. The number of hydrogen-bond donors (Lipinski definition) is 1. The molecule has 0 radical (unpaired) electrons. The molecule has 5 nitrogen and oxygen atoms in total. The molecular weight excluding hydrogens is 266 g/mol. The van der Waals surface area contributed by atoms with E-state index in [2.05, 4.69) is 15.0 Å². The molecule has 0 aliphatic carbocycles. The van der Waals surface area contributed by atoms with E-state index in [1.165, 1.54) is 6.07 Å². The maximum atomic E-state index is 12.4. The van der Waals surface area contributed by atoms with Crippen LogP contribution >= 0.6 is 0 Å². The van der Waals surface area contributed by atoms with Crippen molar-refractivity contribution < 1.29 is 13.5 Å². The molecule has 0 aliphatic rings. The van der Waals surface area contributed by atoms with Crippen LogP contribution in [-0.4, -0.2) is 21.6 Å². The zero-order valence-electron chi connectivity index (χ0n) is 11.0. The number of nitrogens with zero attached hydrogens (tertiary/aromatic N) is 3. The van der Waals surface area contributed by atoms with Gasteiger partial charge in [0.1, 0.15) is 5.75 Å². The first kappa shape index (κ1) is 14.4. The number of nitrogens with two attached hydrogens (primary N) is 1. The number of para-hydroxylation sites is 1. The Balaban J connectivity index is 2.32. The molecule has 0 spiro atoms. The summed E-state index contributed by atoms with van der Waals surface area (Å²) in [6.07, 6.45) is 2.41. The van der Waals surface area contributed by atoms with Crippen LogP contribution in [-0.2, 0) is 6.54 Å². The lowest BCUT2D eigenvalue weighted by molar-refractivity contribution is -0.0505. The maximum Gasteiger partial charge on any atom is 0.387 e. The molecule has 1 aromatic heterocycles. The summed E-state index contributed by atoms with van der Waals surface area (Å²) in [6, 6.07) is 5.85. The van der Waals surface area contributed by atoms with Gasteiger partial charge in [0.25, 0.3) is 0 Å². The Morgan fingerprint density at radius 2 is 2.10 bits per heavy atom. The van der Waals surface area contributed by atoms with Crippen molar-refractivity contribution in [2.75, 3.05) is 0 Å². The van der Waals surface area contributed by atoms with E-state index in [4.69, 9.17) is 5.73 Å². The van der Waals surface area contributed by atoms with E-state index in [1.807, 2.05) is 6.92 Å². The molecule has 0 amide bonds. The Bertz CT molecular complexity index is 559. The summed E-state index contributed by atoms with van der Waals surface area (Å²) in [7, 11) is 0. The molecule has 7 heteroatoms. The lowest BCUT2D eigenvalue weighted by Gasteiger charge is -2.17. The van der Waals surface area contributed by atoms with Crippen molar-refractivity contribution in [2.24, 2.45) is 5.73 Å². The summed E-state index contributed by atoms with van der Waals surface area (Å²) in [4.78, 5) is 0. The van der Waals surface area contributed by atoms with Crippen molar-refractivity contribution in [3.8, 4) is 5.75 Å². The Morgan fingerprint density at radius 1 is 1.35 bits per heavy atom. The van der Waals surface area contributed by atoms with Gasteiger partial charge in [-0.1, -0.05) is 30.3 Å². The number of aryl methyl sites for hydroxylation is 1. The van der Waals surface area contributed by atoms with Crippen molar-refractivity contribution in [1.29, 1.82) is 0 Å². The fraction of sp³-hybridized carbons (Fsp3) is 0.385. The minimum absolute atomic E-state index is 0.0687. The lowest BCUT2D eigenvalue weighted by atomic mass is 10.0. The van der Waals surface area contributed by atoms with Gasteiger partial charge in [-0.3, -0.25) is 0 Å². The summed E-state index contributed by atoms with van der Waals surface area (Å²) in [6.45, 7) is -0.215. The van der Waals surface area contributed by atoms with Crippen molar-refractivity contribution in [3.05, 3.63) is 41.7 Å². The van der Waals surface area contributed by atoms with Crippen LogP contribution in [0.1, 0.15) is 30.6 Å². The highest BCUT2D eigenvalue weighted by Crippen LogP contribution is 2.28. The normalized spacial score (nSPS) is 12.7. The molecule has 1 aromatic carbocycles. The largest absolute Gasteiger partial charge is 0.434 e. The van der Waals surface area contributed by atoms with Crippen LogP contribution in [0.25, 0.3) is 0 Å². The monoisotopic (exact) mass is 282 g/mol. The number of halogens is 2. The van der Waals surface area contributed by atoms with Gasteiger partial charge in [0.2, 0.25) is 0 Å². The first-order valence-corrected chi connectivity index (χ1v) is 6.31. The van der Waals surface area contributed by atoms with Gasteiger partial charge in [0.15, 0.2) is 0 Å². The summed E-state index contributed by atoms with van der Waals surface area (Å²) in [5.41, 5.74) is 7.29. The van der Waals surface area contributed by atoms with E-state index in [1.54, 1.807) is 29.1 Å². The molecule has 1 heterocycles. The smallest absolute Gasteiger partial charge is 0.387 e. The Labute approximate surface area is 115 Å². The van der Waals surface area contributed by atoms with Crippen LogP contribution in [0.15, 0.2) is 30.5 Å². The zero-order chi connectivity index (χ0) is 14.5. The molecule has 20 heavy (non-hydrogen) atoms. The molecule has 1 atom stereocenters. The number of benzene rings is 1. The van der Waals surface area contributed by atoms with E-state index in [0.29, 0.717) is 17.8 Å². The summed E-state index contributed by atoms with van der Waals surface area (Å²) in [5, 5.41) is 7.76. The van der Waals surface area contributed by atoms with Gasteiger partial charge < -0.3 is 10.5 Å². The van der Waals surface area contributed by atoms with Gasteiger partial charge in [0.05, 0.1) is 17.9 Å². The highest BCUT2D eigenvalue weighted by Gasteiger charge is 2.19. The predicted molar refractivity (Wildman–Crippen MR) is 69.4 cm³/mol. The maximum absolute atomic E-state index is 12.4. The first-order valence-electron chi connectivity index (χ1n) is 6.31. The Hall–Kier alpha value is -2.02. The number of ether oxygens (including phenoxy) is 1. The zero-order valence-corrected chi connectivity index (χ0v) is 11.0. The first-order chi connectivity index (χ1) is 9.63. The minimum Gasteiger partial charge on any atom is -0.434 e. The van der Waals surface area contributed by atoms with Crippen molar-refractivity contribution in [2.45, 2.75) is 32.5 Å². The van der Waals surface area contributed by atoms with Crippen molar-refractivity contribution >= 4 is 0 Å². The summed E-state index contributed by atoms with van der Waals surface area (Å²) < 4.78 is 31.0. The molecular formula is C13H16F2N4O. The van der Waals surface area contributed by atoms with Gasteiger partial charge >= 0.3 is 6.61 Å². The minimum atomic E-state index is -2.89. The van der Waals surface area contributed by atoms with Crippen LogP contribution in [0.2, 0.25) is 0 Å². The number of aromatic nitrogens is 3. The van der Waals surface area contributed by atoms with Crippen LogP contribution < -0.4 is 10.5 Å². The van der Waals surface area contributed by atoms with E-state index in [-0.39, 0.29) is 5.75 Å². The average molecular weight is 282 g/mol. The highest BCUT2D eigenvalue weighted by atomic mass is 19.3. The second-order valence-corrected chi connectivity index (χ2v) is 4.28. The second-order valence-electron chi connectivity index (χ2n) is 4.28. The van der Waals surface area contributed by atoms with Crippen LogP contribution in [0, 0.1) is 0 Å². The summed E-state index contributed by atoms with van der Waals surface area (Å²) >= 11 is 0. The third-order valence-electron chi connectivity index (χ3n) is 2.87. The third-order valence-corrected chi connectivity index (χ3v) is 2.87. The molecule has 0 saturated heterocycles. The fourth-order valence-corrected chi connectivity index (χ4v) is 1.99. The van der Waals surface area contributed by atoms with Crippen LogP contribution in [0.4, 0.5) is 8.78 Å². The Kier molecular flexibility index (Phi) is 4.62. The van der Waals surface area contributed by atoms with E-state index >= 15 is 0 Å². The average Bonchev–Trinajstić information content (AvgIpc) is 2.86. The van der Waals surface area contributed by atoms with Gasteiger partial charge in [-0.2, -0.15) is 8.78 Å². The fourth-order valence-electron chi connectivity index (χ4n) is 1.99. The molecule has 0 saturated carbocycles. The second kappa shape index (κ2) is 6.42. The van der Waals surface area contributed by atoms with E-state index in [9.17, 15) is 8.78 Å². The van der Waals surface area contributed by atoms with Crippen molar-refractivity contribution in [3.63, 3.8) is 0 Å². The lowest BCUT2D eigenvalue weighted by Crippen LogP contribution is -2.19. The van der Waals surface area contributed by atoms with E-state index in [0.717, 1.165) is 6.42 Å². The standard InChI is InChI=1S/C13H16F2N4O/c1-2-7-19-10(8-17-18-19)12(16)9-5-3-4-6-11(9)20-13(14)15/h3-6,8,12-13H,2,7,16H2,1H3. The van der Waals surface area contributed by atoms with Gasteiger partial charge in [-0.05, 0) is 12.5 Å². The van der Waals surface area contributed by atoms with Crippen LogP contribution in [0.3, 0.4) is 0 Å². The molecule has 2 N–H and O–H groups in total. The van der Waals surface area contributed by atoms with Gasteiger partial charge in [0, 0.05) is 12.1 Å². The SMILES string of the molecule is CCCn1nncc1C(N)c1ccccc1OC(F)F. The van der Waals surface area contributed by atoms with Gasteiger partial charge in [-0.25, -0.2) is 4.68 Å². The number of alkyl halides is 2. The highest BCUT2D eigenvalue weighted by molar-refractivity contribution is 5.39. The number of rotatable bonds is 6. The van der Waals surface area contributed by atoms with Crippen LogP contribution in [0.5, 0.6) is 5.75 Å². The summed E-state index contributed by atoms with van der Waals surface area (Å²) in [5.74, 6) is 0.0687. The Morgan fingerprint density at radius 3 is 2.80 bits per heavy atom. The van der Waals surface area contributed by atoms with Crippen molar-refractivity contribution in [1.82, 2.24) is 15.0 Å². The number of hydrogen-bond acceptors (Lipinski definition) is 4. The molecule has 108 valence electrons. The predicted octanol–water partition coefficient (Wildman–Crippen LogP) is 2.34. The third kappa shape index (κ3) is 3.11. The quantitative estimate of drug-likeness (QED) is 0.883. The molecule has 0 bridgehead atoms. The molecule has 2 rings (SSSR count). The molecule has 0 fully saturated rings. The molecule has 1 unspecified atom stereocenters. The molecule has 0 aliphatic heterocycles. The van der Waals surface area contributed by atoms with E-state index < -0.39 is 12.7 Å².